The zero-order valence-electron chi connectivity index (χ0n) is 14.1. The molecule has 0 radical (unpaired) electrons. The quantitative estimate of drug-likeness (QED) is 0.571. The monoisotopic (exact) mass is 342 g/mol. The molecule has 0 atom stereocenters. The standard InChI is InChI=1S/C21H18N4O/c26-20(11-8-15-5-2-1-3-6-15)23-17-9-10-18-19(13-17)25-21(24-18)16-7-4-12-22-14-16/h1-7,9-10,12-14H,8,11H2,(H,23,26)(H,24,25). The highest BCUT2D eigenvalue weighted by molar-refractivity contribution is 5.93. The van der Waals surface area contributed by atoms with Crippen LogP contribution in [-0.4, -0.2) is 20.9 Å². The van der Waals surface area contributed by atoms with Gasteiger partial charge in [-0.05, 0) is 42.3 Å². The average Bonchev–Trinajstić information content (AvgIpc) is 3.11. The molecule has 0 bridgehead atoms. The minimum absolute atomic E-state index is 0.000186. The number of carbonyl (C=O) groups is 1. The number of rotatable bonds is 5. The molecule has 2 heterocycles. The topological polar surface area (TPSA) is 70.7 Å². The number of fused-ring (bicyclic) bond motifs is 1. The van der Waals surface area contributed by atoms with E-state index in [4.69, 9.17) is 0 Å². The third kappa shape index (κ3) is 3.62. The van der Waals surface area contributed by atoms with E-state index in [1.807, 2.05) is 60.7 Å². The van der Waals surface area contributed by atoms with Crippen molar-refractivity contribution in [3.63, 3.8) is 0 Å². The Morgan fingerprint density at radius 3 is 2.73 bits per heavy atom. The second kappa shape index (κ2) is 7.19. The number of imidazole rings is 1. The Morgan fingerprint density at radius 2 is 1.92 bits per heavy atom. The summed E-state index contributed by atoms with van der Waals surface area (Å²) in [6.07, 6.45) is 4.68. The van der Waals surface area contributed by atoms with Crippen molar-refractivity contribution in [3.05, 3.63) is 78.6 Å². The summed E-state index contributed by atoms with van der Waals surface area (Å²) in [4.78, 5) is 24.2. The van der Waals surface area contributed by atoms with Crippen molar-refractivity contribution in [2.75, 3.05) is 5.32 Å². The number of aromatic nitrogens is 3. The molecular weight excluding hydrogens is 324 g/mol. The summed E-state index contributed by atoms with van der Waals surface area (Å²) in [6.45, 7) is 0. The van der Waals surface area contributed by atoms with Crippen molar-refractivity contribution in [1.82, 2.24) is 15.0 Å². The van der Waals surface area contributed by atoms with E-state index in [1.54, 1.807) is 12.4 Å². The Hall–Kier alpha value is -3.47. The smallest absolute Gasteiger partial charge is 0.224 e. The van der Waals surface area contributed by atoms with Crippen LogP contribution in [0.25, 0.3) is 22.4 Å². The lowest BCUT2D eigenvalue weighted by atomic mass is 10.1. The number of nitrogens with zero attached hydrogens (tertiary/aromatic N) is 2. The Morgan fingerprint density at radius 1 is 1.04 bits per heavy atom. The summed E-state index contributed by atoms with van der Waals surface area (Å²) in [7, 11) is 0. The highest BCUT2D eigenvalue weighted by Gasteiger charge is 2.08. The normalized spacial score (nSPS) is 10.8. The van der Waals surface area contributed by atoms with Gasteiger partial charge in [-0.1, -0.05) is 30.3 Å². The summed E-state index contributed by atoms with van der Waals surface area (Å²) < 4.78 is 0. The van der Waals surface area contributed by atoms with Gasteiger partial charge in [0.2, 0.25) is 5.91 Å². The second-order valence-corrected chi connectivity index (χ2v) is 6.09. The van der Waals surface area contributed by atoms with Crippen molar-refractivity contribution >= 4 is 22.6 Å². The van der Waals surface area contributed by atoms with Crippen molar-refractivity contribution in [2.45, 2.75) is 12.8 Å². The maximum Gasteiger partial charge on any atom is 0.224 e. The van der Waals surface area contributed by atoms with Gasteiger partial charge in [-0.15, -0.1) is 0 Å². The maximum atomic E-state index is 12.2. The van der Waals surface area contributed by atoms with Crippen LogP contribution in [0.4, 0.5) is 5.69 Å². The zero-order valence-corrected chi connectivity index (χ0v) is 14.1. The number of nitrogens with one attached hydrogen (secondary N) is 2. The first-order valence-corrected chi connectivity index (χ1v) is 8.52. The fraction of sp³-hybridized carbons (Fsp3) is 0.0952. The predicted molar refractivity (Wildman–Crippen MR) is 103 cm³/mol. The van der Waals surface area contributed by atoms with E-state index in [0.717, 1.165) is 40.1 Å². The van der Waals surface area contributed by atoms with E-state index >= 15 is 0 Å². The third-order valence-corrected chi connectivity index (χ3v) is 4.18. The van der Waals surface area contributed by atoms with E-state index in [1.165, 1.54) is 0 Å². The highest BCUT2D eigenvalue weighted by Crippen LogP contribution is 2.22. The van der Waals surface area contributed by atoms with E-state index in [2.05, 4.69) is 20.3 Å². The first-order chi connectivity index (χ1) is 12.8. The SMILES string of the molecule is O=C(CCc1ccccc1)Nc1ccc2nc(-c3cccnc3)[nH]c2c1. The molecule has 0 unspecified atom stereocenters. The molecule has 0 aliphatic rings. The summed E-state index contributed by atoms with van der Waals surface area (Å²) in [5.74, 6) is 0.765. The van der Waals surface area contributed by atoms with Crippen LogP contribution >= 0.6 is 0 Å². The lowest BCUT2D eigenvalue weighted by molar-refractivity contribution is -0.116. The number of hydrogen-bond donors (Lipinski definition) is 2. The Balaban J connectivity index is 1.46. The molecule has 4 aromatic rings. The average molecular weight is 342 g/mol. The zero-order chi connectivity index (χ0) is 17.8. The summed E-state index contributed by atoms with van der Waals surface area (Å²) >= 11 is 0. The third-order valence-electron chi connectivity index (χ3n) is 4.18. The minimum Gasteiger partial charge on any atom is -0.338 e. The maximum absolute atomic E-state index is 12.2. The number of benzene rings is 2. The number of hydrogen-bond acceptors (Lipinski definition) is 3. The van der Waals surface area contributed by atoms with Crippen LogP contribution in [0.15, 0.2) is 73.1 Å². The molecule has 2 aromatic heterocycles. The number of carbonyl (C=O) groups excluding carboxylic acids is 1. The van der Waals surface area contributed by atoms with Crippen LogP contribution < -0.4 is 5.32 Å². The number of anilines is 1. The van der Waals surface area contributed by atoms with E-state index in [-0.39, 0.29) is 5.91 Å². The van der Waals surface area contributed by atoms with Gasteiger partial charge in [-0.2, -0.15) is 0 Å². The fourth-order valence-corrected chi connectivity index (χ4v) is 2.85. The molecule has 0 aliphatic carbocycles. The number of H-pyrrole nitrogens is 1. The molecule has 5 heteroatoms. The molecule has 5 nitrogen and oxygen atoms in total. The Labute approximate surface area is 151 Å². The van der Waals surface area contributed by atoms with Crippen molar-refractivity contribution in [3.8, 4) is 11.4 Å². The number of aryl methyl sites for hydroxylation is 1. The lowest BCUT2D eigenvalue weighted by Gasteiger charge is -2.05. The first kappa shape index (κ1) is 16.0. The number of pyridine rings is 1. The van der Waals surface area contributed by atoms with Crippen molar-refractivity contribution in [1.29, 1.82) is 0 Å². The molecule has 0 fully saturated rings. The van der Waals surface area contributed by atoms with Crippen molar-refractivity contribution in [2.24, 2.45) is 0 Å². The summed E-state index contributed by atoms with van der Waals surface area (Å²) in [5, 5.41) is 2.95. The van der Waals surface area contributed by atoms with Gasteiger partial charge in [-0.3, -0.25) is 9.78 Å². The van der Waals surface area contributed by atoms with Crippen LogP contribution in [-0.2, 0) is 11.2 Å². The number of amides is 1. The van der Waals surface area contributed by atoms with Gasteiger partial charge in [0, 0.05) is 30.1 Å². The van der Waals surface area contributed by atoms with E-state index in [0.29, 0.717) is 6.42 Å². The summed E-state index contributed by atoms with van der Waals surface area (Å²) in [6, 6.07) is 19.5. The van der Waals surface area contributed by atoms with Crippen LogP contribution in [0.2, 0.25) is 0 Å². The molecular formula is C21H18N4O. The second-order valence-electron chi connectivity index (χ2n) is 6.09. The minimum atomic E-state index is 0.000186. The van der Waals surface area contributed by atoms with Crippen LogP contribution in [0.3, 0.4) is 0 Å². The fourth-order valence-electron chi connectivity index (χ4n) is 2.85. The van der Waals surface area contributed by atoms with E-state index in [9.17, 15) is 4.79 Å². The van der Waals surface area contributed by atoms with Gasteiger partial charge in [0.1, 0.15) is 5.82 Å². The van der Waals surface area contributed by atoms with Gasteiger partial charge in [0.05, 0.1) is 11.0 Å². The van der Waals surface area contributed by atoms with Gasteiger partial charge in [0.15, 0.2) is 0 Å². The summed E-state index contributed by atoms with van der Waals surface area (Å²) in [5.41, 5.74) is 4.58. The largest absolute Gasteiger partial charge is 0.338 e. The predicted octanol–water partition coefficient (Wildman–Crippen LogP) is 4.20. The van der Waals surface area contributed by atoms with Crippen molar-refractivity contribution < 1.29 is 4.79 Å². The molecule has 4 rings (SSSR count). The van der Waals surface area contributed by atoms with Gasteiger partial charge in [-0.25, -0.2) is 4.98 Å². The molecule has 1 amide bonds. The first-order valence-electron chi connectivity index (χ1n) is 8.52. The molecule has 2 aromatic carbocycles. The highest BCUT2D eigenvalue weighted by atomic mass is 16.1. The van der Waals surface area contributed by atoms with Crippen LogP contribution in [0.1, 0.15) is 12.0 Å². The Kier molecular flexibility index (Phi) is 4.43. The molecule has 128 valence electrons. The van der Waals surface area contributed by atoms with Gasteiger partial charge >= 0.3 is 0 Å². The van der Waals surface area contributed by atoms with Gasteiger partial charge in [0.25, 0.3) is 0 Å². The molecule has 0 saturated heterocycles. The van der Waals surface area contributed by atoms with Gasteiger partial charge < -0.3 is 10.3 Å². The van der Waals surface area contributed by atoms with Crippen LogP contribution in [0, 0.1) is 0 Å². The Bertz CT molecular complexity index is 1030. The molecule has 2 N–H and O–H groups in total. The molecule has 0 spiro atoms. The van der Waals surface area contributed by atoms with Crippen LogP contribution in [0.5, 0.6) is 0 Å². The molecule has 26 heavy (non-hydrogen) atoms. The van der Waals surface area contributed by atoms with E-state index < -0.39 is 0 Å². The lowest BCUT2D eigenvalue weighted by Crippen LogP contribution is -2.12. The molecule has 0 aliphatic heterocycles. The molecule has 0 saturated carbocycles. The number of aromatic amines is 1.